The van der Waals surface area contributed by atoms with Crippen molar-refractivity contribution in [3.8, 4) is 5.75 Å². The minimum Gasteiger partial charge on any atom is -0.406 e. The van der Waals surface area contributed by atoms with Crippen molar-refractivity contribution in [2.45, 2.75) is 6.36 Å². The predicted octanol–water partition coefficient (Wildman–Crippen LogP) is 4.05. The maximum atomic E-state index is 12.9. The Bertz CT molecular complexity index is 614. The Kier molecular flexibility index (Phi) is 3.69. The minimum atomic E-state index is -4.76. The van der Waals surface area contributed by atoms with Crippen molar-refractivity contribution in [2.24, 2.45) is 0 Å². The van der Waals surface area contributed by atoms with E-state index in [4.69, 9.17) is 5.73 Å². The van der Waals surface area contributed by atoms with Crippen molar-refractivity contribution in [2.75, 3.05) is 11.1 Å². The fourth-order valence-electron chi connectivity index (χ4n) is 1.57. The molecule has 0 spiro atoms. The van der Waals surface area contributed by atoms with Crippen LogP contribution in [-0.4, -0.2) is 6.36 Å². The minimum absolute atomic E-state index is 0.146. The molecule has 0 bridgehead atoms. The van der Waals surface area contributed by atoms with Crippen LogP contribution >= 0.6 is 0 Å². The fourth-order valence-corrected chi connectivity index (χ4v) is 1.57. The highest BCUT2D eigenvalue weighted by Crippen LogP contribution is 2.28. The van der Waals surface area contributed by atoms with Gasteiger partial charge in [-0.25, -0.2) is 4.39 Å². The second-order valence-electron chi connectivity index (χ2n) is 3.93. The van der Waals surface area contributed by atoms with Crippen LogP contribution in [0.4, 0.5) is 34.6 Å². The van der Waals surface area contributed by atoms with Gasteiger partial charge in [0.25, 0.3) is 0 Å². The Morgan fingerprint density at radius 2 is 1.80 bits per heavy atom. The van der Waals surface area contributed by atoms with Crippen LogP contribution in [0.5, 0.6) is 5.75 Å². The van der Waals surface area contributed by atoms with Crippen LogP contribution < -0.4 is 15.8 Å². The lowest BCUT2D eigenvalue weighted by atomic mass is 10.2. The first-order valence-corrected chi connectivity index (χ1v) is 5.51. The van der Waals surface area contributed by atoms with Crippen molar-refractivity contribution in [1.82, 2.24) is 0 Å². The summed E-state index contributed by atoms with van der Waals surface area (Å²) in [5.74, 6) is -0.856. The van der Waals surface area contributed by atoms with Gasteiger partial charge in [-0.15, -0.1) is 13.2 Å². The summed E-state index contributed by atoms with van der Waals surface area (Å²) in [6, 6.07) is 8.95. The lowest BCUT2D eigenvalue weighted by Gasteiger charge is -2.12. The molecule has 0 fully saturated rings. The summed E-state index contributed by atoms with van der Waals surface area (Å²) >= 11 is 0. The number of ether oxygens (including phenoxy) is 1. The first-order valence-electron chi connectivity index (χ1n) is 5.51. The molecule has 0 saturated heterocycles. The van der Waals surface area contributed by atoms with Gasteiger partial charge in [0, 0.05) is 11.8 Å². The summed E-state index contributed by atoms with van der Waals surface area (Å²) in [5.41, 5.74) is 6.46. The lowest BCUT2D eigenvalue weighted by Crippen LogP contribution is -2.17. The summed E-state index contributed by atoms with van der Waals surface area (Å²) in [6.07, 6.45) is -4.76. The van der Waals surface area contributed by atoms with E-state index in [2.05, 4.69) is 10.1 Å². The number of hydrogen-bond donors (Lipinski definition) is 2. The molecule has 0 amide bonds. The normalized spacial score (nSPS) is 11.2. The molecule has 0 radical (unpaired) electrons. The molecular weight excluding hydrogens is 276 g/mol. The van der Waals surface area contributed by atoms with Crippen LogP contribution in [0.15, 0.2) is 42.5 Å². The Hall–Kier alpha value is -2.44. The van der Waals surface area contributed by atoms with Crippen LogP contribution in [0.3, 0.4) is 0 Å². The summed E-state index contributed by atoms with van der Waals surface area (Å²) < 4.78 is 53.0. The van der Waals surface area contributed by atoms with E-state index in [1.807, 2.05) is 0 Å². The summed E-state index contributed by atoms with van der Waals surface area (Å²) in [5, 5.41) is 2.79. The number of nitrogens with two attached hydrogens (primary N) is 1. The van der Waals surface area contributed by atoms with Gasteiger partial charge in [0.15, 0.2) is 0 Å². The molecule has 0 aliphatic heterocycles. The van der Waals surface area contributed by atoms with Crippen LogP contribution in [0, 0.1) is 5.82 Å². The predicted molar refractivity (Wildman–Crippen MR) is 67.2 cm³/mol. The highest BCUT2D eigenvalue weighted by atomic mass is 19.4. The molecule has 0 saturated carbocycles. The molecule has 20 heavy (non-hydrogen) atoms. The number of nitrogens with one attached hydrogen (secondary N) is 1. The number of alkyl halides is 3. The maximum Gasteiger partial charge on any atom is 0.573 e. The third-order valence-corrected chi connectivity index (χ3v) is 2.36. The second kappa shape index (κ2) is 5.28. The van der Waals surface area contributed by atoms with Crippen LogP contribution in [-0.2, 0) is 0 Å². The highest BCUT2D eigenvalue weighted by Gasteiger charge is 2.31. The van der Waals surface area contributed by atoms with Crippen LogP contribution in [0.25, 0.3) is 0 Å². The average molecular weight is 286 g/mol. The zero-order chi connectivity index (χ0) is 14.8. The molecule has 0 heterocycles. The molecule has 0 atom stereocenters. The zero-order valence-corrected chi connectivity index (χ0v) is 10.0. The number of nitrogen functional groups attached to an aromatic ring is 1. The van der Waals surface area contributed by atoms with E-state index in [1.54, 1.807) is 0 Å². The SMILES string of the molecule is Nc1cc(F)ccc1Nc1cccc(OC(F)(F)F)c1. The summed E-state index contributed by atoms with van der Waals surface area (Å²) in [7, 11) is 0. The molecule has 7 heteroatoms. The molecule has 0 aliphatic carbocycles. The van der Waals surface area contributed by atoms with Gasteiger partial charge in [0.05, 0.1) is 11.4 Å². The standard InChI is InChI=1S/C13H10F4N2O/c14-8-4-5-12(11(18)6-8)19-9-2-1-3-10(7-9)20-13(15,16)17/h1-7,19H,18H2. The van der Waals surface area contributed by atoms with E-state index >= 15 is 0 Å². The maximum absolute atomic E-state index is 12.9. The smallest absolute Gasteiger partial charge is 0.406 e. The third kappa shape index (κ3) is 3.78. The Balaban J connectivity index is 2.19. The van der Waals surface area contributed by atoms with Gasteiger partial charge in [-0.05, 0) is 30.3 Å². The molecule has 2 aromatic carbocycles. The van der Waals surface area contributed by atoms with E-state index in [0.717, 1.165) is 12.1 Å². The molecule has 3 nitrogen and oxygen atoms in total. The molecule has 0 aromatic heterocycles. The molecule has 106 valence electrons. The lowest BCUT2D eigenvalue weighted by molar-refractivity contribution is -0.274. The van der Waals surface area contributed by atoms with Gasteiger partial charge < -0.3 is 15.8 Å². The average Bonchev–Trinajstić information content (AvgIpc) is 2.31. The van der Waals surface area contributed by atoms with Crippen molar-refractivity contribution < 1.29 is 22.3 Å². The third-order valence-electron chi connectivity index (χ3n) is 2.36. The van der Waals surface area contributed by atoms with E-state index in [1.165, 1.54) is 30.3 Å². The Labute approximate surface area is 112 Å². The first-order chi connectivity index (χ1) is 9.33. The molecule has 2 aromatic rings. The van der Waals surface area contributed by atoms with Crippen molar-refractivity contribution in [3.05, 3.63) is 48.3 Å². The van der Waals surface area contributed by atoms with E-state index in [-0.39, 0.29) is 11.4 Å². The van der Waals surface area contributed by atoms with Crippen molar-refractivity contribution in [3.63, 3.8) is 0 Å². The quantitative estimate of drug-likeness (QED) is 0.661. The van der Waals surface area contributed by atoms with Gasteiger partial charge in [-0.1, -0.05) is 6.07 Å². The van der Waals surface area contributed by atoms with Crippen molar-refractivity contribution >= 4 is 17.1 Å². The molecule has 0 aliphatic rings. The van der Waals surface area contributed by atoms with Gasteiger partial charge in [0.2, 0.25) is 0 Å². The number of benzene rings is 2. The monoisotopic (exact) mass is 286 g/mol. The number of hydrogen-bond acceptors (Lipinski definition) is 3. The van der Waals surface area contributed by atoms with E-state index < -0.39 is 12.2 Å². The number of anilines is 3. The van der Waals surface area contributed by atoms with Gasteiger partial charge in [-0.2, -0.15) is 0 Å². The van der Waals surface area contributed by atoms with Crippen LogP contribution in [0.1, 0.15) is 0 Å². The topological polar surface area (TPSA) is 47.3 Å². The van der Waals surface area contributed by atoms with Gasteiger partial charge >= 0.3 is 6.36 Å². The number of halogens is 4. The van der Waals surface area contributed by atoms with E-state index in [9.17, 15) is 17.6 Å². The molecule has 3 N–H and O–H groups in total. The molecule has 0 unspecified atom stereocenters. The van der Waals surface area contributed by atoms with Crippen molar-refractivity contribution in [1.29, 1.82) is 0 Å². The summed E-state index contributed by atoms with van der Waals surface area (Å²) in [4.78, 5) is 0. The number of rotatable bonds is 3. The molecule has 2 rings (SSSR count). The van der Waals surface area contributed by atoms with Gasteiger partial charge in [-0.3, -0.25) is 0 Å². The second-order valence-corrected chi connectivity index (χ2v) is 3.93. The highest BCUT2D eigenvalue weighted by molar-refractivity contribution is 5.72. The van der Waals surface area contributed by atoms with Crippen LogP contribution in [0.2, 0.25) is 0 Å². The Morgan fingerprint density at radius 3 is 2.45 bits per heavy atom. The largest absolute Gasteiger partial charge is 0.573 e. The Morgan fingerprint density at radius 1 is 1.05 bits per heavy atom. The zero-order valence-electron chi connectivity index (χ0n) is 10.0. The first kappa shape index (κ1) is 14.0. The van der Waals surface area contributed by atoms with E-state index in [0.29, 0.717) is 11.4 Å². The van der Waals surface area contributed by atoms with Gasteiger partial charge in [0.1, 0.15) is 11.6 Å². The molecular formula is C13H10F4N2O. The summed E-state index contributed by atoms with van der Waals surface area (Å²) in [6.45, 7) is 0. The fraction of sp³-hybridized carbons (Fsp3) is 0.0769.